The van der Waals surface area contributed by atoms with Gasteiger partial charge in [-0.1, -0.05) is 41.5 Å². The molecule has 0 aliphatic carbocycles. The third kappa shape index (κ3) is 4.33. The maximum Gasteiger partial charge on any atom is 0.133 e. The van der Waals surface area contributed by atoms with Crippen molar-refractivity contribution in [1.29, 1.82) is 0 Å². The van der Waals surface area contributed by atoms with Gasteiger partial charge in [-0.05, 0) is 0 Å². The van der Waals surface area contributed by atoms with E-state index in [1.165, 1.54) is 0 Å². The molecule has 0 aromatic carbocycles. The standard InChI is InChI=1S/C7H14FIO/c1-5(2)9-7(8)6(3)4-10/h5-6,10H,4H2,1-3H3/t6-/m1/s1. The van der Waals surface area contributed by atoms with Crippen LogP contribution < -0.4 is 0 Å². The Morgan fingerprint density at radius 2 is 2.00 bits per heavy atom. The molecule has 0 aliphatic heterocycles. The van der Waals surface area contributed by atoms with Crippen LogP contribution in [0.1, 0.15) is 20.8 Å². The normalized spacial score (nSPS) is 16.8. The molecule has 0 heterocycles. The lowest BCUT2D eigenvalue weighted by atomic mass is 10.2. The van der Waals surface area contributed by atoms with Gasteiger partial charge in [-0.15, -0.1) is 0 Å². The number of aliphatic hydroxyl groups is 1. The smallest absolute Gasteiger partial charge is 0.133 e. The Kier molecular flexibility index (Phi) is 5.44. The van der Waals surface area contributed by atoms with Gasteiger partial charge in [0.15, 0.2) is 0 Å². The van der Waals surface area contributed by atoms with Crippen molar-refractivity contribution in [3.8, 4) is 0 Å². The predicted molar refractivity (Wildman–Crippen MR) is 51.5 cm³/mol. The summed E-state index contributed by atoms with van der Waals surface area (Å²) in [6.07, 6.45) is 0. The zero-order valence-corrected chi connectivity index (χ0v) is 8.72. The van der Waals surface area contributed by atoms with Gasteiger partial charge < -0.3 is 5.11 Å². The average Bonchev–Trinajstić information content (AvgIpc) is 1.85. The lowest BCUT2D eigenvalue weighted by Crippen LogP contribution is -2.08. The first-order chi connectivity index (χ1) is 4.57. The minimum Gasteiger partial charge on any atom is -0.396 e. The summed E-state index contributed by atoms with van der Waals surface area (Å²) in [6, 6.07) is 0. The van der Waals surface area contributed by atoms with Gasteiger partial charge in [0, 0.05) is 9.84 Å². The van der Waals surface area contributed by atoms with Crippen LogP contribution in [0.5, 0.6) is 0 Å². The second-order valence-electron chi connectivity index (χ2n) is 2.50. The molecule has 0 saturated carbocycles. The van der Waals surface area contributed by atoms with E-state index in [0.29, 0.717) is 3.92 Å². The van der Waals surface area contributed by atoms with Crippen LogP contribution in [0.3, 0.4) is 0 Å². The Labute approximate surface area is 71.4 Å². The molecule has 0 aromatic rings. The van der Waals surface area contributed by atoms with Gasteiger partial charge in [-0.25, -0.2) is 4.39 Å². The van der Waals surface area contributed by atoms with E-state index >= 15 is 0 Å². The largest absolute Gasteiger partial charge is 0.396 e. The summed E-state index contributed by atoms with van der Waals surface area (Å²) in [7, 11) is 0. The molecule has 3 heteroatoms. The number of alkyl halides is 1. The fraction of sp³-hybridized carbons (Fsp3) is 0.857. The van der Waals surface area contributed by atoms with Gasteiger partial charge in [0.25, 0.3) is 0 Å². The molecule has 0 aliphatic rings. The number of halogens is 2. The van der Waals surface area contributed by atoms with Crippen LogP contribution in [0.4, 0.5) is 4.39 Å². The first-order valence-corrected chi connectivity index (χ1v) is 5.67. The number of hydrogen-bond acceptors (Lipinski definition) is 1. The Morgan fingerprint density at radius 1 is 1.50 bits per heavy atom. The Balaban J connectivity index is 3.91. The minimum atomic E-state index is -0.454. The molecule has 10 heavy (non-hydrogen) atoms. The van der Waals surface area contributed by atoms with Crippen LogP contribution in [0.2, 0.25) is 0 Å². The summed E-state index contributed by atoms with van der Waals surface area (Å²) < 4.78 is 13.3. The van der Waals surface area contributed by atoms with Gasteiger partial charge in [0.1, 0.15) is 3.76 Å². The summed E-state index contributed by atoms with van der Waals surface area (Å²) in [5, 5.41) is 8.57. The molecule has 0 radical (unpaired) electrons. The van der Waals surface area contributed by atoms with Gasteiger partial charge in [-0.3, -0.25) is 0 Å². The van der Waals surface area contributed by atoms with E-state index in [4.69, 9.17) is 5.11 Å². The summed E-state index contributed by atoms with van der Waals surface area (Å²) in [5.41, 5.74) is 0. The van der Waals surface area contributed by atoms with E-state index in [2.05, 4.69) is 0 Å². The van der Waals surface area contributed by atoms with Gasteiger partial charge >= 0.3 is 0 Å². The molecule has 0 rings (SSSR count). The Hall–Kier alpha value is 0.490. The van der Waals surface area contributed by atoms with Crippen LogP contribution in [0, 0.1) is 5.92 Å². The van der Waals surface area contributed by atoms with Crippen molar-refractivity contribution < 1.29 is 9.50 Å². The van der Waals surface area contributed by atoms with Crippen LogP contribution in [0.25, 0.3) is 0 Å². The molecule has 0 amide bonds. The minimum absolute atomic E-state index is 0.0244. The lowest BCUT2D eigenvalue weighted by Gasteiger charge is -2.04. The average molecular weight is 260 g/mol. The summed E-state index contributed by atoms with van der Waals surface area (Å²) in [5.74, 6) is -0.241. The molecule has 1 atom stereocenters. The molecule has 0 spiro atoms. The highest BCUT2D eigenvalue weighted by Gasteiger charge is 2.06. The van der Waals surface area contributed by atoms with Crippen molar-refractivity contribution in [2.24, 2.45) is 5.92 Å². The van der Waals surface area contributed by atoms with Gasteiger partial charge in [0.2, 0.25) is 0 Å². The molecule has 1 N–H and O–H groups in total. The molecule has 1 nitrogen and oxygen atoms in total. The Morgan fingerprint density at radius 3 is 2.30 bits per heavy atom. The third-order valence-electron chi connectivity index (χ3n) is 0.969. The van der Waals surface area contributed by atoms with Gasteiger partial charge in [0.05, 0.1) is 6.61 Å². The van der Waals surface area contributed by atoms with Crippen molar-refractivity contribution in [2.45, 2.75) is 24.7 Å². The summed E-state index contributed by atoms with van der Waals surface area (Å²) in [6.45, 7) is 5.68. The highest BCUT2D eigenvalue weighted by Crippen LogP contribution is 2.15. The molecular formula is C7H14FIO. The van der Waals surface area contributed by atoms with Crippen molar-refractivity contribution in [3.63, 3.8) is 0 Å². The number of aliphatic hydroxyl groups excluding tert-OH is 1. The Bertz CT molecular complexity index is 123. The highest BCUT2D eigenvalue weighted by atomic mass is 127. The second-order valence-corrected chi connectivity index (χ2v) is 6.64. The molecule has 0 saturated heterocycles. The predicted octanol–water partition coefficient (Wildman–Crippen LogP) is 2.09. The van der Waals surface area contributed by atoms with Crippen molar-refractivity contribution in [3.05, 3.63) is 0 Å². The lowest BCUT2D eigenvalue weighted by molar-refractivity contribution is 0.266. The fourth-order valence-electron chi connectivity index (χ4n) is 0.385. The van der Waals surface area contributed by atoms with E-state index in [1.54, 1.807) is 6.92 Å². The van der Waals surface area contributed by atoms with E-state index in [0.717, 1.165) is 0 Å². The number of hydrogen-bond donors (Lipinski definition) is 1. The first-order valence-electron chi connectivity index (χ1n) is 3.34. The highest BCUT2D eigenvalue weighted by molar-refractivity contribution is 14.2. The molecule has 0 aromatic heterocycles. The van der Waals surface area contributed by atoms with E-state index < -0.39 is 20.7 Å². The number of rotatable bonds is 3. The zero-order chi connectivity index (χ0) is 8.15. The van der Waals surface area contributed by atoms with E-state index in [9.17, 15) is 4.39 Å². The van der Waals surface area contributed by atoms with Crippen molar-refractivity contribution in [1.82, 2.24) is 0 Å². The van der Waals surface area contributed by atoms with Crippen molar-refractivity contribution >= 4 is 24.5 Å². The first kappa shape index (κ1) is 10.5. The van der Waals surface area contributed by atoms with Crippen LogP contribution in [-0.2, 0) is 0 Å². The second kappa shape index (κ2) is 5.18. The summed E-state index contributed by atoms with van der Waals surface area (Å²) in [4.78, 5) is 0. The SMILES string of the molecule is CC(C)I=C(F)[C@H](C)CO. The maximum atomic E-state index is 12.9. The quantitative estimate of drug-likeness (QED) is 0.608. The monoisotopic (exact) mass is 260 g/mol. The van der Waals surface area contributed by atoms with E-state index in [-0.39, 0.29) is 16.3 Å². The molecule has 62 valence electrons. The fourth-order valence-corrected chi connectivity index (χ4v) is 2.39. The van der Waals surface area contributed by atoms with Crippen LogP contribution >= 0.6 is 20.7 Å². The van der Waals surface area contributed by atoms with Crippen LogP contribution in [0.15, 0.2) is 0 Å². The van der Waals surface area contributed by atoms with Gasteiger partial charge in [-0.2, -0.15) is 0 Å². The molecule has 0 fully saturated rings. The zero-order valence-electron chi connectivity index (χ0n) is 6.56. The molecular weight excluding hydrogens is 246 g/mol. The maximum absolute atomic E-state index is 12.9. The third-order valence-corrected chi connectivity index (χ3v) is 3.87. The molecule has 0 unspecified atom stereocenters. The van der Waals surface area contributed by atoms with Crippen LogP contribution in [-0.4, -0.2) is 19.4 Å². The topological polar surface area (TPSA) is 20.2 Å². The molecule has 0 bridgehead atoms. The summed E-state index contributed by atoms with van der Waals surface area (Å²) >= 11 is -0.454. The van der Waals surface area contributed by atoms with Crippen molar-refractivity contribution in [2.75, 3.05) is 6.61 Å². The van der Waals surface area contributed by atoms with E-state index in [1.807, 2.05) is 13.8 Å².